The summed E-state index contributed by atoms with van der Waals surface area (Å²) < 4.78 is 38.7. The number of carbonyl (C=O) groups is 1. The fraction of sp³-hybridized carbons (Fsp3) is 0.529. The summed E-state index contributed by atoms with van der Waals surface area (Å²) in [6, 6.07) is 3.46. The lowest BCUT2D eigenvalue weighted by atomic mass is 9.78. The van der Waals surface area contributed by atoms with Gasteiger partial charge in [0.25, 0.3) is 0 Å². The second-order valence-corrected chi connectivity index (χ2v) is 8.01. The van der Waals surface area contributed by atoms with Gasteiger partial charge in [-0.25, -0.2) is 4.98 Å². The van der Waals surface area contributed by atoms with Crippen LogP contribution in [0, 0.1) is 11.3 Å². The smallest absolute Gasteiger partial charge is 0.302 e. The molecule has 1 unspecified atom stereocenters. The van der Waals surface area contributed by atoms with Crippen LogP contribution in [0.3, 0.4) is 0 Å². The van der Waals surface area contributed by atoms with Crippen molar-refractivity contribution < 1.29 is 18.0 Å². The quantitative estimate of drug-likeness (QED) is 0.803. The Morgan fingerprint density at radius 2 is 2.08 bits per heavy atom. The Bertz CT molecular complexity index is 795. The molecule has 1 atom stereocenters. The summed E-state index contributed by atoms with van der Waals surface area (Å²) in [6.45, 7) is 0. The molecule has 1 spiro atoms. The second-order valence-electron chi connectivity index (χ2n) is 6.98. The summed E-state index contributed by atoms with van der Waals surface area (Å²) in [5.74, 6) is -0.0462. The lowest BCUT2D eigenvalue weighted by Gasteiger charge is -2.27. The number of benzene rings is 1. The number of alkyl halides is 3. The first-order chi connectivity index (χ1) is 11.3. The first-order valence-corrected chi connectivity index (χ1v) is 8.95. The number of nitrogens with one attached hydrogen (secondary N) is 1. The molecule has 2 saturated carbocycles. The monoisotopic (exact) mass is 354 g/mol. The molecule has 2 fully saturated rings. The van der Waals surface area contributed by atoms with Gasteiger partial charge in [-0.2, -0.15) is 13.2 Å². The summed E-state index contributed by atoms with van der Waals surface area (Å²) >= 11 is 1.09. The fourth-order valence-corrected chi connectivity index (χ4v) is 4.57. The van der Waals surface area contributed by atoms with E-state index in [1.807, 2.05) is 0 Å². The van der Waals surface area contributed by atoms with Gasteiger partial charge in [-0.05, 0) is 55.7 Å². The first-order valence-electron chi connectivity index (χ1n) is 8.13. The van der Waals surface area contributed by atoms with E-state index in [1.54, 1.807) is 0 Å². The van der Waals surface area contributed by atoms with Crippen LogP contribution in [0.4, 0.5) is 18.3 Å². The molecule has 128 valence electrons. The van der Waals surface area contributed by atoms with E-state index < -0.39 is 11.7 Å². The van der Waals surface area contributed by atoms with E-state index in [0.717, 1.165) is 42.7 Å². The molecule has 1 N–H and O–H groups in total. The van der Waals surface area contributed by atoms with E-state index in [4.69, 9.17) is 0 Å². The Balaban J connectivity index is 1.51. The summed E-state index contributed by atoms with van der Waals surface area (Å²) in [5, 5.41) is 3.19. The molecule has 24 heavy (non-hydrogen) atoms. The van der Waals surface area contributed by atoms with E-state index in [0.29, 0.717) is 20.8 Å². The molecule has 4 rings (SSSR count). The molecule has 0 aliphatic heterocycles. The van der Waals surface area contributed by atoms with Crippen molar-refractivity contribution in [3.63, 3.8) is 0 Å². The van der Waals surface area contributed by atoms with E-state index in [2.05, 4.69) is 10.3 Å². The van der Waals surface area contributed by atoms with Gasteiger partial charge in [-0.3, -0.25) is 4.79 Å². The highest BCUT2D eigenvalue weighted by Gasteiger charge is 2.47. The fourth-order valence-electron chi connectivity index (χ4n) is 3.67. The average Bonchev–Trinajstić information content (AvgIpc) is 3.13. The molecule has 7 heteroatoms. The van der Waals surface area contributed by atoms with Gasteiger partial charge in [0.05, 0.1) is 15.8 Å². The maximum Gasteiger partial charge on any atom is 0.416 e. The number of halogens is 3. The standard InChI is InChI=1S/C17H17F3N2OS/c18-17(19,20)11-3-4-12-13(8-11)24-15(21-12)22-14(23)10-2-1-5-16(9-10)6-7-16/h3-4,8,10H,1-2,5-7,9H2,(H,21,22,23). The Morgan fingerprint density at radius 3 is 2.79 bits per heavy atom. The zero-order valence-electron chi connectivity index (χ0n) is 12.9. The van der Waals surface area contributed by atoms with Crippen molar-refractivity contribution in [2.75, 3.05) is 5.32 Å². The lowest BCUT2D eigenvalue weighted by Crippen LogP contribution is -2.28. The predicted molar refractivity (Wildman–Crippen MR) is 86.9 cm³/mol. The van der Waals surface area contributed by atoms with Gasteiger partial charge in [-0.1, -0.05) is 17.8 Å². The molecular weight excluding hydrogens is 337 g/mol. The predicted octanol–water partition coefficient (Wildman–Crippen LogP) is 5.22. The summed E-state index contributed by atoms with van der Waals surface area (Å²) in [7, 11) is 0. The molecule has 2 aromatic rings. The number of amides is 1. The minimum atomic E-state index is -4.37. The van der Waals surface area contributed by atoms with E-state index >= 15 is 0 Å². The summed E-state index contributed by atoms with van der Waals surface area (Å²) in [6.07, 6.45) is 2.18. The van der Waals surface area contributed by atoms with E-state index in [9.17, 15) is 18.0 Å². The zero-order valence-corrected chi connectivity index (χ0v) is 13.8. The normalized spacial score (nSPS) is 22.7. The zero-order chi connectivity index (χ0) is 16.9. The van der Waals surface area contributed by atoms with Crippen LogP contribution in [0.15, 0.2) is 18.2 Å². The summed E-state index contributed by atoms with van der Waals surface area (Å²) in [4.78, 5) is 16.7. The van der Waals surface area contributed by atoms with Crippen LogP contribution in [-0.2, 0) is 11.0 Å². The number of carbonyl (C=O) groups excluding carboxylic acids is 1. The Kier molecular flexibility index (Phi) is 3.60. The molecule has 1 heterocycles. The van der Waals surface area contributed by atoms with Crippen molar-refractivity contribution in [2.45, 2.75) is 44.7 Å². The number of hydrogen-bond acceptors (Lipinski definition) is 3. The van der Waals surface area contributed by atoms with Crippen molar-refractivity contribution in [1.82, 2.24) is 4.98 Å². The number of nitrogens with zero attached hydrogens (tertiary/aromatic N) is 1. The number of hydrogen-bond donors (Lipinski definition) is 1. The molecule has 0 saturated heterocycles. The molecule has 2 aliphatic rings. The highest BCUT2D eigenvalue weighted by atomic mass is 32.1. The maximum absolute atomic E-state index is 12.8. The molecule has 0 bridgehead atoms. The Labute approximate surface area is 141 Å². The van der Waals surface area contributed by atoms with Crippen LogP contribution >= 0.6 is 11.3 Å². The van der Waals surface area contributed by atoms with Crippen molar-refractivity contribution in [3.05, 3.63) is 23.8 Å². The molecule has 1 amide bonds. The number of fused-ring (bicyclic) bond motifs is 1. The average molecular weight is 354 g/mol. The van der Waals surface area contributed by atoms with Crippen LogP contribution in [-0.4, -0.2) is 10.9 Å². The van der Waals surface area contributed by atoms with E-state index in [-0.39, 0.29) is 11.8 Å². The van der Waals surface area contributed by atoms with E-state index in [1.165, 1.54) is 25.3 Å². The van der Waals surface area contributed by atoms with Crippen molar-refractivity contribution in [2.24, 2.45) is 11.3 Å². The molecular formula is C17H17F3N2OS. The number of thiazole rings is 1. The van der Waals surface area contributed by atoms with Crippen LogP contribution in [0.5, 0.6) is 0 Å². The van der Waals surface area contributed by atoms with Crippen LogP contribution in [0.1, 0.15) is 44.1 Å². The van der Waals surface area contributed by atoms with Crippen LogP contribution in [0.25, 0.3) is 10.2 Å². The van der Waals surface area contributed by atoms with Gasteiger partial charge < -0.3 is 5.32 Å². The Hall–Kier alpha value is -1.63. The van der Waals surface area contributed by atoms with Crippen molar-refractivity contribution >= 4 is 32.6 Å². The number of aromatic nitrogens is 1. The Morgan fingerprint density at radius 1 is 1.29 bits per heavy atom. The lowest BCUT2D eigenvalue weighted by molar-refractivity contribution is -0.137. The minimum absolute atomic E-state index is 0.000927. The summed E-state index contributed by atoms with van der Waals surface area (Å²) in [5.41, 5.74) is 0.181. The first kappa shape index (κ1) is 15.9. The maximum atomic E-state index is 12.8. The number of anilines is 1. The third kappa shape index (κ3) is 3.01. The number of rotatable bonds is 2. The van der Waals surface area contributed by atoms with Crippen LogP contribution in [0.2, 0.25) is 0 Å². The third-order valence-electron chi connectivity index (χ3n) is 5.21. The van der Waals surface area contributed by atoms with Gasteiger partial charge >= 0.3 is 6.18 Å². The molecule has 2 aliphatic carbocycles. The highest BCUT2D eigenvalue weighted by Crippen LogP contribution is 2.57. The van der Waals surface area contributed by atoms with Crippen LogP contribution < -0.4 is 5.32 Å². The van der Waals surface area contributed by atoms with Crippen molar-refractivity contribution in [3.8, 4) is 0 Å². The second kappa shape index (κ2) is 5.44. The topological polar surface area (TPSA) is 42.0 Å². The van der Waals surface area contributed by atoms with Gasteiger partial charge in [0.2, 0.25) is 5.91 Å². The molecule has 0 radical (unpaired) electrons. The van der Waals surface area contributed by atoms with Crippen molar-refractivity contribution in [1.29, 1.82) is 0 Å². The van der Waals surface area contributed by atoms with Gasteiger partial charge in [0.15, 0.2) is 5.13 Å². The van der Waals surface area contributed by atoms with Gasteiger partial charge in [0.1, 0.15) is 0 Å². The largest absolute Gasteiger partial charge is 0.416 e. The molecule has 3 nitrogen and oxygen atoms in total. The SMILES string of the molecule is O=C(Nc1nc2ccc(C(F)(F)F)cc2s1)C1CCCC2(CC2)C1. The molecule has 1 aromatic heterocycles. The third-order valence-corrected chi connectivity index (χ3v) is 6.15. The molecule has 1 aromatic carbocycles. The highest BCUT2D eigenvalue weighted by molar-refractivity contribution is 7.22. The van der Waals surface area contributed by atoms with Gasteiger partial charge in [0, 0.05) is 5.92 Å². The van der Waals surface area contributed by atoms with Gasteiger partial charge in [-0.15, -0.1) is 0 Å². The minimum Gasteiger partial charge on any atom is -0.302 e.